The SMILES string of the molecule is CCCCc1nc2ccccc2n1Cc1nc2ccccc2[nH]1. The molecule has 0 aliphatic heterocycles. The van der Waals surface area contributed by atoms with Gasteiger partial charge in [0.25, 0.3) is 0 Å². The van der Waals surface area contributed by atoms with Gasteiger partial charge in [0, 0.05) is 6.42 Å². The van der Waals surface area contributed by atoms with Crippen molar-refractivity contribution in [3.63, 3.8) is 0 Å². The van der Waals surface area contributed by atoms with E-state index in [-0.39, 0.29) is 0 Å². The summed E-state index contributed by atoms with van der Waals surface area (Å²) in [4.78, 5) is 13.0. The molecule has 4 nitrogen and oxygen atoms in total. The highest BCUT2D eigenvalue weighted by atomic mass is 15.1. The van der Waals surface area contributed by atoms with E-state index >= 15 is 0 Å². The quantitative estimate of drug-likeness (QED) is 0.597. The van der Waals surface area contributed by atoms with Gasteiger partial charge in [-0.05, 0) is 30.7 Å². The zero-order valence-electron chi connectivity index (χ0n) is 13.3. The molecule has 4 rings (SSSR count). The van der Waals surface area contributed by atoms with Gasteiger partial charge in [-0.15, -0.1) is 0 Å². The molecule has 0 spiro atoms. The molecule has 2 heterocycles. The van der Waals surface area contributed by atoms with Crippen molar-refractivity contribution in [3.8, 4) is 0 Å². The van der Waals surface area contributed by atoms with Crippen LogP contribution in [0.1, 0.15) is 31.4 Å². The highest BCUT2D eigenvalue weighted by Crippen LogP contribution is 2.20. The number of nitrogens with one attached hydrogen (secondary N) is 1. The molecule has 2 aromatic heterocycles. The lowest BCUT2D eigenvalue weighted by Gasteiger charge is -2.07. The second-order valence-corrected chi connectivity index (χ2v) is 5.91. The molecule has 116 valence electrons. The number of benzene rings is 2. The number of aromatic amines is 1. The zero-order chi connectivity index (χ0) is 15.6. The highest BCUT2D eigenvalue weighted by molar-refractivity contribution is 5.77. The first-order valence-electron chi connectivity index (χ1n) is 8.23. The van der Waals surface area contributed by atoms with Gasteiger partial charge in [-0.25, -0.2) is 9.97 Å². The molecule has 1 N–H and O–H groups in total. The molecular formula is C19H20N4. The van der Waals surface area contributed by atoms with Crippen LogP contribution in [0.3, 0.4) is 0 Å². The van der Waals surface area contributed by atoms with Crippen LogP contribution in [0.25, 0.3) is 22.1 Å². The molecule has 0 saturated carbocycles. The molecule has 0 fully saturated rings. The number of fused-ring (bicyclic) bond motifs is 2. The van der Waals surface area contributed by atoms with E-state index in [4.69, 9.17) is 9.97 Å². The van der Waals surface area contributed by atoms with Crippen molar-refractivity contribution in [2.24, 2.45) is 0 Å². The fourth-order valence-electron chi connectivity index (χ4n) is 3.06. The van der Waals surface area contributed by atoms with Crippen molar-refractivity contribution >= 4 is 22.1 Å². The lowest BCUT2D eigenvalue weighted by molar-refractivity contribution is 0.677. The van der Waals surface area contributed by atoms with E-state index in [0.717, 1.165) is 47.6 Å². The minimum absolute atomic E-state index is 0.730. The number of hydrogen-bond acceptors (Lipinski definition) is 2. The lowest BCUT2D eigenvalue weighted by Crippen LogP contribution is -2.06. The minimum atomic E-state index is 0.730. The zero-order valence-corrected chi connectivity index (χ0v) is 13.3. The smallest absolute Gasteiger partial charge is 0.127 e. The van der Waals surface area contributed by atoms with Crippen molar-refractivity contribution in [2.75, 3.05) is 0 Å². The van der Waals surface area contributed by atoms with E-state index in [1.807, 2.05) is 24.3 Å². The Morgan fingerprint density at radius 1 is 0.957 bits per heavy atom. The number of unbranched alkanes of at least 4 members (excludes halogenated alkanes) is 1. The molecule has 2 aromatic carbocycles. The van der Waals surface area contributed by atoms with Crippen LogP contribution >= 0.6 is 0 Å². The standard InChI is InChI=1S/C19H20N4/c1-2-3-12-19-22-16-10-6-7-11-17(16)23(19)13-18-20-14-8-4-5-9-15(14)21-18/h4-11H,2-3,12-13H2,1H3,(H,20,21). The molecule has 0 atom stereocenters. The third kappa shape index (κ3) is 2.61. The van der Waals surface area contributed by atoms with Crippen molar-refractivity contribution in [1.29, 1.82) is 0 Å². The van der Waals surface area contributed by atoms with Crippen molar-refractivity contribution in [2.45, 2.75) is 32.7 Å². The van der Waals surface area contributed by atoms with Crippen molar-refractivity contribution in [3.05, 3.63) is 60.2 Å². The summed E-state index contributed by atoms with van der Waals surface area (Å²) < 4.78 is 2.29. The molecule has 0 saturated heterocycles. The summed E-state index contributed by atoms with van der Waals surface area (Å²) in [5.41, 5.74) is 4.35. The number of hydrogen-bond donors (Lipinski definition) is 1. The van der Waals surface area contributed by atoms with Crippen LogP contribution in [0.5, 0.6) is 0 Å². The van der Waals surface area contributed by atoms with Gasteiger partial charge in [0.05, 0.1) is 28.6 Å². The summed E-state index contributed by atoms with van der Waals surface area (Å²) in [6, 6.07) is 16.5. The Morgan fingerprint density at radius 2 is 1.74 bits per heavy atom. The van der Waals surface area contributed by atoms with Gasteiger partial charge in [-0.2, -0.15) is 0 Å². The van der Waals surface area contributed by atoms with E-state index in [2.05, 4.69) is 40.7 Å². The number of H-pyrrole nitrogens is 1. The Labute approximate surface area is 135 Å². The fourth-order valence-corrected chi connectivity index (χ4v) is 3.06. The van der Waals surface area contributed by atoms with Crippen LogP contribution in [0.15, 0.2) is 48.5 Å². The number of nitrogens with zero attached hydrogens (tertiary/aromatic N) is 3. The maximum absolute atomic E-state index is 4.82. The lowest BCUT2D eigenvalue weighted by atomic mass is 10.2. The maximum atomic E-state index is 4.82. The Bertz CT molecular complexity index is 915. The predicted molar refractivity (Wildman–Crippen MR) is 93.5 cm³/mol. The summed E-state index contributed by atoms with van der Waals surface area (Å²) in [6.45, 7) is 2.94. The number of aromatic nitrogens is 4. The molecule has 0 bridgehead atoms. The Morgan fingerprint density at radius 3 is 2.57 bits per heavy atom. The number of imidazole rings is 2. The Hall–Kier alpha value is -2.62. The normalized spacial score (nSPS) is 11.5. The molecule has 0 radical (unpaired) electrons. The molecular weight excluding hydrogens is 284 g/mol. The molecule has 23 heavy (non-hydrogen) atoms. The van der Waals surface area contributed by atoms with Crippen LogP contribution in [0, 0.1) is 0 Å². The first-order chi connectivity index (χ1) is 11.3. The summed E-state index contributed by atoms with van der Waals surface area (Å²) in [5.74, 6) is 2.13. The first-order valence-corrected chi connectivity index (χ1v) is 8.23. The molecule has 0 amide bonds. The van der Waals surface area contributed by atoms with Crippen molar-refractivity contribution in [1.82, 2.24) is 19.5 Å². The van der Waals surface area contributed by atoms with Crippen LogP contribution < -0.4 is 0 Å². The molecule has 0 aliphatic rings. The van der Waals surface area contributed by atoms with Gasteiger partial charge < -0.3 is 9.55 Å². The summed E-state index contributed by atoms with van der Waals surface area (Å²) >= 11 is 0. The number of rotatable bonds is 5. The maximum Gasteiger partial charge on any atom is 0.127 e. The average molecular weight is 304 g/mol. The summed E-state index contributed by atoms with van der Waals surface area (Å²) in [6.07, 6.45) is 3.34. The van der Waals surface area contributed by atoms with E-state index in [1.54, 1.807) is 0 Å². The molecule has 4 aromatic rings. The van der Waals surface area contributed by atoms with E-state index < -0.39 is 0 Å². The van der Waals surface area contributed by atoms with Crippen molar-refractivity contribution < 1.29 is 0 Å². The van der Waals surface area contributed by atoms with E-state index in [9.17, 15) is 0 Å². The van der Waals surface area contributed by atoms with Crippen LogP contribution in [-0.4, -0.2) is 19.5 Å². The minimum Gasteiger partial charge on any atom is -0.340 e. The Kier molecular flexibility index (Phi) is 3.58. The van der Waals surface area contributed by atoms with E-state index in [1.165, 1.54) is 11.9 Å². The summed E-state index contributed by atoms with van der Waals surface area (Å²) in [5, 5.41) is 0. The largest absolute Gasteiger partial charge is 0.340 e. The summed E-state index contributed by atoms with van der Waals surface area (Å²) in [7, 11) is 0. The number of aryl methyl sites for hydroxylation is 1. The molecule has 4 heteroatoms. The van der Waals surface area contributed by atoms with Gasteiger partial charge in [-0.1, -0.05) is 37.6 Å². The van der Waals surface area contributed by atoms with Gasteiger partial charge in [0.15, 0.2) is 0 Å². The topological polar surface area (TPSA) is 46.5 Å². The van der Waals surface area contributed by atoms with E-state index in [0.29, 0.717) is 0 Å². The van der Waals surface area contributed by atoms with Gasteiger partial charge in [0.1, 0.15) is 11.6 Å². The molecule has 0 aliphatic carbocycles. The van der Waals surface area contributed by atoms with Gasteiger partial charge in [-0.3, -0.25) is 0 Å². The second-order valence-electron chi connectivity index (χ2n) is 5.91. The number of para-hydroxylation sites is 4. The van der Waals surface area contributed by atoms with Crippen LogP contribution in [-0.2, 0) is 13.0 Å². The monoisotopic (exact) mass is 304 g/mol. The molecule has 0 unspecified atom stereocenters. The predicted octanol–water partition coefficient (Wildman–Crippen LogP) is 4.30. The van der Waals surface area contributed by atoms with Crippen LogP contribution in [0.2, 0.25) is 0 Å². The second kappa shape index (κ2) is 5.88. The van der Waals surface area contributed by atoms with Crippen LogP contribution in [0.4, 0.5) is 0 Å². The third-order valence-electron chi connectivity index (χ3n) is 4.23. The van der Waals surface area contributed by atoms with Gasteiger partial charge in [0.2, 0.25) is 0 Å². The fraction of sp³-hybridized carbons (Fsp3) is 0.263. The first kappa shape index (κ1) is 14.0. The Balaban J connectivity index is 1.76. The highest BCUT2D eigenvalue weighted by Gasteiger charge is 2.12. The average Bonchev–Trinajstić information content (AvgIpc) is 3.14. The van der Waals surface area contributed by atoms with Gasteiger partial charge >= 0.3 is 0 Å². The third-order valence-corrected chi connectivity index (χ3v) is 4.23.